The third-order valence-electron chi connectivity index (χ3n) is 4.03. The lowest BCUT2D eigenvalue weighted by Gasteiger charge is -2.17. The van der Waals surface area contributed by atoms with Gasteiger partial charge in [-0.25, -0.2) is 4.98 Å². The lowest BCUT2D eigenvalue weighted by Crippen LogP contribution is -2.22. The van der Waals surface area contributed by atoms with Crippen LogP contribution >= 0.6 is 0 Å². The molecule has 2 rings (SSSR count). The van der Waals surface area contributed by atoms with Gasteiger partial charge in [-0.2, -0.15) is 0 Å². The molecule has 0 bridgehead atoms. The van der Waals surface area contributed by atoms with Crippen LogP contribution in [0.15, 0.2) is 30.7 Å². The first kappa shape index (κ1) is 17.9. The van der Waals surface area contributed by atoms with E-state index in [1.54, 1.807) is 0 Å². The summed E-state index contributed by atoms with van der Waals surface area (Å²) in [6, 6.07) is 5.29. The van der Waals surface area contributed by atoms with Gasteiger partial charge < -0.3 is 9.30 Å². The van der Waals surface area contributed by atoms with Crippen molar-refractivity contribution in [2.45, 2.75) is 58.6 Å². The number of aromatic nitrogens is 3. The Hall–Kier alpha value is -1.46. The van der Waals surface area contributed by atoms with E-state index in [2.05, 4.69) is 54.1 Å². The number of imidazole rings is 1. The van der Waals surface area contributed by atoms with Gasteiger partial charge in [0.05, 0.1) is 0 Å². The quantitative estimate of drug-likeness (QED) is 0.536. The molecule has 0 aromatic carbocycles. The van der Waals surface area contributed by atoms with E-state index in [1.165, 1.54) is 11.6 Å². The maximum atomic E-state index is 5.86. The molecular formula is C18H29N3OSi. The third-order valence-corrected chi connectivity index (χ3v) is 5.74. The van der Waals surface area contributed by atoms with Gasteiger partial charge in [0.15, 0.2) is 0 Å². The van der Waals surface area contributed by atoms with Crippen molar-refractivity contribution in [3.63, 3.8) is 0 Å². The van der Waals surface area contributed by atoms with Crippen molar-refractivity contribution in [1.29, 1.82) is 0 Å². The van der Waals surface area contributed by atoms with E-state index in [-0.39, 0.29) is 0 Å². The number of ether oxygens (including phenoxy) is 1. The summed E-state index contributed by atoms with van der Waals surface area (Å²) in [4.78, 5) is 9.03. The average Bonchev–Trinajstić information content (AvgIpc) is 2.93. The van der Waals surface area contributed by atoms with E-state index in [0.717, 1.165) is 24.5 Å². The standard InChI is InChI=1S/C18H29N3OSi/c1-15-7-6-8-19-17(15)13-16(2)18-20-9-10-21(18)14-22-11-12-23(3,4)5/h6-10,16H,11-14H2,1-5H3. The van der Waals surface area contributed by atoms with Crippen LogP contribution in [0, 0.1) is 6.92 Å². The molecule has 23 heavy (non-hydrogen) atoms. The molecule has 4 nitrogen and oxygen atoms in total. The van der Waals surface area contributed by atoms with E-state index < -0.39 is 8.07 Å². The van der Waals surface area contributed by atoms with E-state index in [0.29, 0.717) is 12.6 Å². The van der Waals surface area contributed by atoms with Gasteiger partial charge in [0.25, 0.3) is 0 Å². The maximum absolute atomic E-state index is 5.86. The summed E-state index contributed by atoms with van der Waals surface area (Å²) in [5.74, 6) is 1.39. The molecule has 1 unspecified atom stereocenters. The Balaban J connectivity index is 1.93. The van der Waals surface area contributed by atoms with Gasteiger partial charge in [-0.05, 0) is 31.0 Å². The molecule has 2 heterocycles. The summed E-state index contributed by atoms with van der Waals surface area (Å²) in [7, 11) is -1.03. The highest BCUT2D eigenvalue weighted by Crippen LogP contribution is 2.20. The summed E-state index contributed by atoms with van der Waals surface area (Å²) in [6.07, 6.45) is 6.63. The van der Waals surface area contributed by atoms with Gasteiger partial charge in [0.2, 0.25) is 0 Å². The van der Waals surface area contributed by atoms with Crippen molar-refractivity contribution in [3.8, 4) is 0 Å². The molecule has 0 N–H and O–H groups in total. The van der Waals surface area contributed by atoms with Crippen LogP contribution in [0.4, 0.5) is 0 Å². The minimum atomic E-state index is -1.03. The maximum Gasteiger partial charge on any atom is 0.123 e. The molecule has 0 spiro atoms. The smallest absolute Gasteiger partial charge is 0.123 e. The monoisotopic (exact) mass is 331 g/mol. The highest BCUT2D eigenvalue weighted by atomic mass is 28.3. The summed E-state index contributed by atoms with van der Waals surface area (Å²) in [6.45, 7) is 12.9. The lowest BCUT2D eigenvalue weighted by molar-refractivity contribution is 0.0844. The molecule has 5 heteroatoms. The van der Waals surface area contributed by atoms with Crippen LogP contribution in [0.2, 0.25) is 25.7 Å². The second-order valence-corrected chi connectivity index (χ2v) is 13.1. The molecule has 126 valence electrons. The normalized spacial score (nSPS) is 13.3. The van der Waals surface area contributed by atoms with Crippen LogP contribution in [0.25, 0.3) is 0 Å². The molecule has 0 fully saturated rings. The molecule has 2 aromatic heterocycles. The zero-order valence-corrected chi connectivity index (χ0v) is 16.0. The fraction of sp³-hybridized carbons (Fsp3) is 0.556. The first-order valence-corrected chi connectivity index (χ1v) is 12.1. The summed E-state index contributed by atoms with van der Waals surface area (Å²) in [5.41, 5.74) is 2.39. The first-order valence-electron chi connectivity index (χ1n) is 8.36. The van der Waals surface area contributed by atoms with E-state index in [4.69, 9.17) is 4.74 Å². The Morgan fingerprint density at radius 1 is 1.22 bits per heavy atom. The van der Waals surface area contributed by atoms with Crippen LogP contribution in [-0.4, -0.2) is 29.2 Å². The molecular weight excluding hydrogens is 302 g/mol. The fourth-order valence-corrected chi connectivity index (χ4v) is 3.27. The van der Waals surface area contributed by atoms with Crippen LogP contribution in [-0.2, 0) is 17.9 Å². The van der Waals surface area contributed by atoms with E-state index in [9.17, 15) is 0 Å². The molecule has 0 saturated carbocycles. The largest absolute Gasteiger partial charge is 0.361 e. The highest BCUT2D eigenvalue weighted by molar-refractivity contribution is 6.76. The van der Waals surface area contributed by atoms with Gasteiger partial charge in [0, 0.05) is 44.9 Å². The summed E-state index contributed by atoms with van der Waals surface area (Å²) >= 11 is 0. The van der Waals surface area contributed by atoms with Crippen LogP contribution < -0.4 is 0 Å². The summed E-state index contributed by atoms with van der Waals surface area (Å²) < 4.78 is 7.98. The number of aryl methyl sites for hydroxylation is 1. The molecule has 2 aromatic rings. The van der Waals surface area contributed by atoms with Crippen molar-refractivity contribution >= 4 is 8.07 Å². The predicted molar refractivity (Wildman–Crippen MR) is 97.4 cm³/mol. The van der Waals surface area contributed by atoms with Crippen molar-refractivity contribution in [3.05, 3.63) is 47.8 Å². The van der Waals surface area contributed by atoms with Crippen molar-refractivity contribution < 1.29 is 4.74 Å². The topological polar surface area (TPSA) is 39.9 Å². The Labute approximate surface area is 140 Å². The number of nitrogens with zero attached hydrogens (tertiary/aromatic N) is 3. The van der Waals surface area contributed by atoms with E-state index in [1.807, 2.05) is 24.7 Å². The Bertz CT molecular complexity index is 619. The van der Waals surface area contributed by atoms with E-state index >= 15 is 0 Å². The van der Waals surface area contributed by atoms with Gasteiger partial charge in [-0.1, -0.05) is 32.6 Å². The van der Waals surface area contributed by atoms with Crippen LogP contribution in [0.5, 0.6) is 0 Å². The molecule has 0 aliphatic heterocycles. The van der Waals surface area contributed by atoms with Crippen molar-refractivity contribution in [2.24, 2.45) is 0 Å². The molecule has 0 aliphatic carbocycles. The second-order valence-electron chi connectivity index (χ2n) is 7.48. The number of hydrogen-bond donors (Lipinski definition) is 0. The molecule has 0 amide bonds. The summed E-state index contributed by atoms with van der Waals surface area (Å²) in [5, 5.41) is 0. The minimum Gasteiger partial charge on any atom is -0.361 e. The number of hydrogen-bond acceptors (Lipinski definition) is 3. The van der Waals surface area contributed by atoms with Gasteiger partial charge in [-0.3, -0.25) is 4.98 Å². The van der Waals surface area contributed by atoms with Gasteiger partial charge >= 0.3 is 0 Å². The third kappa shape index (κ3) is 5.59. The minimum absolute atomic E-state index is 0.319. The Morgan fingerprint density at radius 2 is 2.00 bits per heavy atom. The Kier molecular flexibility index (Phi) is 6.13. The predicted octanol–water partition coefficient (Wildman–Crippen LogP) is 4.25. The SMILES string of the molecule is Cc1cccnc1CC(C)c1nccn1COCC[Si](C)(C)C. The van der Waals surface area contributed by atoms with Gasteiger partial charge in [0.1, 0.15) is 12.6 Å². The number of pyridine rings is 1. The molecule has 0 radical (unpaired) electrons. The Morgan fingerprint density at radius 3 is 2.70 bits per heavy atom. The molecule has 0 saturated heterocycles. The number of rotatable bonds is 8. The molecule has 0 aliphatic rings. The van der Waals surface area contributed by atoms with Crippen molar-refractivity contribution in [2.75, 3.05) is 6.61 Å². The zero-order chi connectivity index (χ0) is 16.9. The van der Waals surface area contributed by atoms with Gasteiger partial charge in [-0.15, -0.1) is 0 Å². The van der Waals surface area contributed by atoms with Crippen LogP contribution in [0.3, 0.4) is 0 Å². The fourth-order valence-electron chi connectivity index (χ4n) is 2.51. The molecule has 1 atom stereocenters. The lowest BCUT2D eigenvalue weighted by atomic mass is 10.0. The second kappa shape index (κ2) is 7.88. The zero-order valence-electron chi connectivity index (χ0n) is 15.0. The first-order chi connectivity index (χ1) is 10.9. The highest BCUT2D eigenvalue weighted by Gasteiger charge is 2.15. The average molecular weight is 332 g/mol. The van der Waals surface area contributed by atoms with Crippen LogP contribution in [0.1, 0.15) is 29.9 Å². The van der Waals surface area contributed by atoms with Crippen molar-refractivity contribution in [1.82, 2.24) is 14.5 Å².